The Morgan fingerprint density at radius 2 is 0.952 bits per heavy atom. The van der Waals surface area contributed by atoms with E-state index in [0.29, 0.717) is 5.95 Å². The summed E-state index contributed by atoms with van der Waals surface area (Å²) in [5.74, 6) is 0.651. The Hall–Kier alpha value is -7.73. The van der Waals surface area contributed by atoms with E-state index < -0.39 is 5.41 Å². The van der Waals surface area contributed by atoms with Crippen molar-refractivity contribution in [2.24, 2.45) is 0 Å². The van der Waals surface area contributed by atoms with Gasteiger partial charge in [0.15, 0.2) is 0 Å². The second kappa shape index (κ2) is 12.6. The number of hydrogen-bond acceptors (Lipinski definition) is 3. The summed E-state index contributed by atoms with van der Waals surface area (Å²) in [6.45, 7) is 0. The molecule has 4 heterocycles. The number of rotatable bonds is 3. The van der Waals surface area contributed by atoms with Crippen LogP contribution in [0, 0.1) is 0 Å². The number of para-hydroxylation sites is 4. The molecule has 288 valence electrons. The number of fused-ring (bicyclic) bond motifs is 16. The van der Waals surface area contributed by atoms with Gasteiger partial charge in [0.2, 0.25) is 5.95 Å². The molecule has 3 aromatic heterocycles. The van der Waals surface area contributed by atoms with Gasteiger partial charge in [-0.1, -0.05) is 157 Å². The molecule has 4 nitrogen and oxygen atoms in total. The van der Waals surface area contributed by atoms with Crippen molar-refractivity contribution in [3.8, 4) is 34.0 Å². The maximum absolute atomic E-state index is 5.63. The van der Waals surface area contributed by atoms with Crippen LogP contribution in [0.4, 0.5) is 0 Å². The van der Waals surface area contributed by atoms with Crippen LogP contribution in [0.3, 0.4) is 0 Å². The van der Waals surface area contributed by atoms with Gasteiger partial charge in [-0.2, -0.15) is 0 Å². The molecule has 0 saturated heterocycles. The van der Waals surface area contributed by atoms with E-state index in [1.165, 1.54) is 70.2 Å². The smallest absolute Gasteiger partial charge is 0.235 e. The zero-order valence-corrected chi connectivity index (χ0v) is 34.1. The summed E-state index contributed by atoms with van der Waals surface area (Å²) < 4.78 is 4.69. The van der Waals surface area contributed by atoms with Crippen LogP contribution in [0.2, 0.25) is 0 Å². The normalized spacial score (nSPS) is 13.5. The molecular weight excluding hydrogens is 773 g/mol. The fraction of sp³-hybridized carbons (Fsp3) is 0.0175. The summed E-state index contributed by atoms with van der Waals surface area (Å²) in [6.07, 6.45) is 0. The first-order valence-electron chi connectivity index (χ1n) is 21.2. The number of benzene rings is 9. The van der Waals surface area contributed by atoms with Crippen LogP contribution in [0.1, 0.15) is 22.3 Å². The topological polar surface area (TPSA) is 35.6 Å². The van der Waals surface area contributed by atoms with Gasteiger partial charge in [0.1, 0.15) is 0 Å². The monoisotopic (exact) mass is 806 g/mol. The van der Waals surface area contributed by atoms with E-state index in [1.807, 2.05) is 11.8 Å². The molecule has 2 aliphatic rings. The maximum Gasteiger partial charge on any atom is 0.235 e. The standard InChI is InChI=1S/C57H34N4S/c1-2-16-36(17-3-1)60-49-26-12-6-19-38(49)40-31-30-35(32-51(40)60)55-41-21-5-11-25-48(41)58-56(59-55)61-50-27-13-7-20-39(50)43-33-42-37-18-4-8-22-44(37)57(47(42)34-52(43)61)45-23-9-14-28-53(45)62-54-29-15-10-24-46(54)57/h1-34H. The highest BCUT2D eigenvalue weighted by molar-refractivity contribution is 7.99. The Labute approximate surface area is 361 Å². The SMILES string of the molecule is c1ccc(-n2c3ccccc3c3ccc(-c4nc(-n5c6ccccc6c6cc7c(cc65)C5(c6ccccc6Sc6ccccc65)c5ccccc5-7)nc5ccccc45)cc32)cc1. The summed E-state index contributed by atoms with van der Waals surface area (Å²) in [5, 5.41) is 5.82. The van der Waals surface area contributed by atoms with Gasteiger partial charge in [0.25, 0.3) is 0 Å². The zero-order chi connectivity index (χ0) is 40.5. The lowest BCUT2D eigenvalue weighted by molar-refractivity contribution is 0.723. The van der Waals surface area contributed by atoms with Gasteiger partial charge in [-0.3, -0.25) is 4.57 Å². The van der Waals surface area contributed by atoms with E-state index >= 15 is 0 Å². The predicted molar refractivity (Wildman–Crippen MR) is 255 cm³/mol. The highest BCUT2D eigenvalue weighted by atomic mass is 32.2. The molecule has 0 radical (unpaired) electrons. The second-order valence-electron chi connectivity index (χ2n) is 16.5. The molecule has 0 amide bonds. The molecular formula is C57H34N4S. The maximum atomic E-state index is 5.63. The van der Waals surface area contributed by atoms with Gasteiger partial charge in [-0.15, -0.1) is 0 Å². The molecule has 0 N–H and O–H groups in total. The molecule has 0 unspecified atom stereocenters. The summed E-state index contributed by atoms with van der Waals surface area (Å²) in [5.41, 5.74) is 15.8. The minimum Gasteiger partial charge on any atom is -0.309 e. The third-order valence-corrected chi connectivity index (χ3v) is 14.5. The van der Waals surface area contributed by atoms with Crippen LogP contribution < -0.4 is 0 Å². The van der Waals surface area contributed by atoms with E-state index in [1.54, 1.807) is 0 Å². The predicted octanol–water partition coefficient (Wildman–Crippen LogP) is 14.3. The summed E-state index contributed by atoms with van der Waals surface area (Å²) in [4.78, 5) is 13.6. The van der Waals surface area contributed by atoms with Gasteiger partial charge in [0.05, 0.1) is 38.7 Å². The van der Waals surface area contributed by atoms with Gasteiger partial charge in [0, 0.05) is 48.0 Å². The molecule has 0 atom stereocenters. The lowest BCUT2D eigenvalue weighted by atomic mass is 9.67. The molecule has 0 fully saturated rings. The van der Waals surface area contributed by atoms with Crippen molar-refractivity contribution in [3.63, 3.8) is 0 Å². The molecule has 0 saturated carbocycles. The largest absolute Gasteiger partial charge is 0.309 e. The van der Waals surface area contributed by atoms with Crippen molar-refractivity contribution in [2.45, 2.75) is 15.2 Å². The van der Waals surface area contributed by atoms with Crippen molar-refractivity contribution in [3.05, 3.63) is 229 Å². The van der Waals surface area contributed by atoms with Gasteiger partial charge in [-0.05, 0) is 94.0 Å². The van der Waals surface area contributed by atoms with E-state index in [2.05, 4.69) is 215 Å². The van der Waals surface area contributed by atoms with Crippen LogP contribution >= 0.6 is 11.8 Å². The number of hydrogen-bond donors (Lipinski definition) is 0. The minimum absolute atomic E-state index is 0.498. The summed E-state index contributed by atoms with van der Waals surface area (Å²) >= 11 is 1.88. The number of aromatic nitrogens is 4. The lowest BCUT2D eigenvalue weighted by Crippen LogP contribution is -2.31. The van der Waals surface area contributed by atoms with Crippen LogP contribution in [-0.2, 0) is 5.41 Å². The van der Waals surface area contributed by atoms with Crippen LogP contribution in [0.25, 0.3) is 88.5 Å². The molecule has 12 aromatic rings. The first kappa shape index (κ1) is 34.0. The first-order chi connectivity index (χ1) is 30.8. The molecule has 1 spiro atoms. The Bertz CT molecular complexity index is 3810. The molecule has 0 bridgehead atoms. The van der Waals surface area contributed by atoms with Crippen molar-refractivity contribution >= 4 is 66.3 Å². The molecule has 1 aliphatic heterocycles. The molecule has 14 rings (SSSR count). The average molecular weight is 807 g/mol. The van der Waals surface area contributed by atoms with E-state index in [4.69, 9.17) is 9.97 Å². The Morgan fingerprint density at radius 1 is 0.371 bits per heavy atom. The minimum atomic E-state index is -0.498. The van der Waals surface area contributed by atoms with Crippen molar-refractivity contribution in [1.82, 2.24) is 19.1 Å². The average Bonchev–Trinajstić information content (AvgIpc) is 3.94. The molecule has 1 aliphatic carbocycles. The van der Waals surface area contributed by atoms with E-state index in [9.17, 15) is 0 Å². The third kappa shape index (κ3) is 4.47. The lowest BCUT2D eigenvalue weighted by Gasteiger charge is -2.39. The fourth-order valence-electron chi connectivity index (χ4n) is 10.9. The van der Waals surface area contributed by atoms with Gasteiger partial charge in [-0.25, -0.2) is 9.97 Å². The molecule has 9 aromatic carbocycles. The second-order valence-corrected chi connectivity index (χ2v) is 17.6. The molecule has 62 heavy (non-hydrogen) atoms. The quantitative estimate of drug-likeness (QED) is 0.178. The summed E-state index contributed by atoms with van der Waals surface area (Å²) in [7, 11) is 0. The Morgan fingerprint density at radius 3 is 1.73 bits per heavy atom. The van der Waals surface area contributed by atoms with Crippen molar-refractivity contribution in [2.75, 3.05) is 0 Å². The summed E-state index contributed by atoms with van der Waals surface area (Å²) in [6, 6.07) is 75.3. The van der Waals surface area contributed by atoms with Crippen LogP contribution in [0.15, 0.2) is 216 Å². The van der Waals surface area contributed by atoms with Crippen LogP contribution in [0.5, 0.6) is 0 Å². The van der Waals surface area contributed by atoms with Gasteiger partial charge >= 0.3 is 0 Å². The third-order valence-electron chi connectivity index (χ3n) is 13.4. The number of nitrogens with zero attached hydrogens (tertiary/aromatic N) is 4. The van der Waals surface area contributed by atoms with Crippen molar-refractivity contribution < 1.29 is 0 Å². The highest BCUT2D eigenvalue weighted by Crippen LogP contribution is 2.62. The van der Waals surface area contributed by atoms with Gasteiger partial charge < -0.3 is 4.57 Å². The fourth-order valence-corrected chi connectivity index (χ4v) is 12.1. The highest BCUT2D eigenvalue weighted by Gasteiger charge is 2.50. The Kier molecular flexibility index (Phi) is 6.94. The molecule has 5 heteroatoms. The Balaban J connectivity index is 1.07. The van der Waals surface area contributed by atoms with Crippen molar-refractivity contribution in [1.29, 1.82) is 0 Å². The van der Waals surface area contributed by atoms with E-state index in [-0.39, 0.29) is 0 Å². The van der Waals surface area contributed by atoms with Crippen LogP contribution in [-0.4, -0.2) is 19.1 Å². The zero-order valence-electron chi connectivity index (χ0n) is 33.3. The van der Waals surface area contributed by atoms with E-state index in [0.717, 1.165) is 44.4 Å². The first-order valence-corrected chi connectivity index (χ1v) is 22.0.